The van der Waals surface area contributed by atoms with E-state index in [0.29, 0.717) is 0 Å². The fourth-order valence-corrected chi connectivity index (χ4v) is 6.52. The predicted octanol–water partition coefficient (Wildman–Crippen LogP) is 7.68. The van der Waals surface area contributed by atoms with Crippen molar-refractivity contribution < 1.29 is 26.2 Å². The van der Waals surface area contributed by atoms with E-state index in [1.807, 2.05) is 0 Å². The van der Waals surface area contributed by atoms with Gasteiger partial charge in [-0.1, -0.05) is 63.3 Å². The third-order valence-corrected chi connectivity index (χ3v) is 7.05. The summed E-state index contributed by atoms with van der Waals surface area (Å²) in [4.78, 5) is 0. The van der Waals surface area contributed by atoms with Gasteiger partial charge in [0.25, 0.3) is 0 Å². The van der Waals surface area contributed by atoms with Crippen molar-refractivity contribution >= 4 is 16.1 Å². The quantitative estimate of drug-likeness (QED) is 0.209. The third kappa shape index (κ3) is 14.2. The number of allylic oxidation sites excluding steroid dienone is 2. The van der Waals surface area contributed by atoms with E-state index >= 15 is 0 Å². The molecule has 0 amide bonds. The van der Waals surface area contributed by atoms with Gasteiger partial charge in [-0.3, -0.25) is 0 Å². The van der Waals surface area contributed by atoms with Crippen molar-refractivity contribution in [1.29, 1.82) is 0 Å². The zero-order valence-corrected chi connectivity index (χ0v) is 22.8. The Hall–Kier alpha value is -0.503. The Morgan fingerprint density at radius 1 is 0.630 bits per heavy atom. The zero-order valence-electron chi connectivity index (χ0n) is 18.4. The third-order valence-electron chi connectivity index (χ3n) is 3.93. The van der Waals surface area contributed by atoms with Crippen molar-refractivity contribution in [2.24, 2.45) is 0 Å². The van der Waals surface area contributed by atoms with Crippen LogP contribution in [-0.2, 0) is 39.0 Å². The second-order valence-electron chi connectivity index (χ2n) is 9.91. The first kappa shape index (κ1) is 26.5. The van der Waals surface area contributed by atoms with Crippen LogP contribution >= 0.6 is 0 Å². The van der Waals surface area contributed by atoms with E-state index in [1.165, 1.54) is 34.4 Å². The van der Waals surface area contributed by atoms with Crippen LogP contribution in [0.15, 0.2) is 72.8 Å². The van der Waals surface area contributed by atoms with E-state index in [2.05, 4.69) is 101 Å². The Balaban J connectivity index is 0.000000483. The maximum absolute atomic E-state index is 4.15. The van der Waals surface area contributed by atoms with Gasteiger partial charge in [-0.05, 0) is 12.1 Å². The molecule has 0 atom stereocenters. The van der Waals surface area contributed by atoms with E-state index in [4.69, 9.17) is 0 Å². The molecule has 0 aliphatic rings. The average Bonchev–Trinajstić information content (AvgIpc) is 3.08. The molecular formula is C24H38Si2Zr. The number of hydrogen-bond acceptors (Lipinski definition) is 0. The molecular weight excluding hydrogens is 436 g/mol. The van der Waals surface area contributed by atoms with Gasteiger partial charge >= 0.3 is 26.2 Å². The van der Waals surface area contributed by atoms with Crippen LogP contribution in [0.5, 0.6) is 0 Å². The summed E-state index contributed by atoms with van der Waals surface area (Å²) in [7, 11) is -1.91. The zero-order chi connectivity index (χ0) is 19.8. The van der Waals surface area contributed by atoms with Crippen LogP contribution in [0.25, 0.3) is 0 Å². The van der Waals surface area contributed by atoms with Gasteiger partial charge in [0.1, 0.15) is 0 Å². The van der Waals surface area contributed by atoms with Gasteiger partial charge in [-0.15, -0.1) is 13.2 Å². The minimum absolute atomic E-state index is 0. The molecule has 0 saturated carbocycles. The molecule has 2 aromatic rings. The summed E-state index contributed by atoms with van der Waals surface area (Å²) in [5.41, 5.74) is 5.60. The Morgan fingerprint density at radius 2 is 0.889 bits per heavy atom. The molecule has 0 aliphatic carbocycles. The maximum atomic E-state index is 4.15. The van der Waals surface area contributed by atoms with Crippen LogP contribution in [-0.4, -0.2) is 16.1 Å². The SMILES string of the molecule is C=C(C[c-]1cccc1)C[Si](C)(C)C.C=C(C[c-]1cccc1)C[Si](C)(C)C.[Zr+2]. The number of rotatable bonds is 8. The minimum Gasteiger partial charge on any atom is -0.213 e. The maximum Gasteiger partial charge on any atom is 2.00 e. The summed E-state index contributed by atoms with van der Waals surface area (Å²) in [6.45, 7) is 22.7. The summed E-state index contributed by atoms with van der Waals surface area (Å²) >= 11 is 0. The standard InChI is InChI=1S/2C12H19Si.Zr/c2*1-11(10-13(2,3)4)9-12-7-5-6-8-12;/h2*5-8H,1,9-10H2,2-4H3;/q2*-1;+2. The summed E-state index contributed by atoms with van der Waals surface area (Å²) in [6.07, 6.45) is 2.13. The van der Waals surface area contributed by atoms with Gasteiger partial charge in [0.2, 0.25) is 0 Å². The van der Waals surface area contributed by atoms with E-state index in [1.54, 1.807) is 0 Å². The topological polar surface area (TPSA) is 0 Å². The molecule has 3 heteroatoms. The molecule has 0 aliphatic heterocycles. The molecule has 0 radical (unpaired) electrons. The molecule has 0 bridgehead atoms. The monoisotopic (exact) mass is 472 g/mol. The Morgan fingerprint density at radius 3 is 1.11 bits per heavy atom. The van der Waals surface area contributed by atoms with Crippen molar-refractivity contribution in [1.82, 2.24) is 0 Å². The summed E-state index contributed by atoms with van der Waals surface area (Å²) in [5, 5.41) is 0. The minimum atomic E-state index is -0.953. The van der Waals surface area contributed by atoms with Gasteiger partial charge in [0.15, 0.2) is 0 Å². The summed E-state index contributed by atoms with van der Waals surface area (Å²) in [5.74, 6) is 0. The molecule has 27 heavy (non-hydrogen) atoms. The van der Waals surface area contributed by atoms with Gasteiger partial charge in [0, 0.05) is 16.1 Å². The van der Waals surface area contributed by atoms with E-state index in [9.17, 15) is 0 Å². The van der Waals surface area contributed by atoms with Crippen molar-refractivity contribution in [3.63, 3.8) is 0 Å². The molecule has 0 spiro atoms. The molecule has 0 N–H and O–H groups in total. The average molecular weight is 474 g/mol. The van der Waals surface area contributed by atoms with Crippen molar-refractivity contribution in [3.05, 3.63) is 84.0 Å². The first-order chi connectivity index (χ1) is 11.9. The van der Waals surface area contributed by atoms with Crippen LogP contribution in [0, 0.1) is 0 Å². The first-order valence-corrected chi connectivity index (χ1v) is 17.1. The van der Waals surface area contributed by atoms with Crippen molar-refractivity contribution in [2.45, 2.75) is 64.2 Å². The summed E-state index contributed by atoms with van der Waals surface area (Å²) < 4.78 is 0. The normalized spacial score (nSPS) is 11.2. The molecule has 0 heterocycles. The Bertz CT molecular complexity index is 590. The van der Waals surface area contributed by atoms with Crippen LogP contribution in [0.4, 0.5) is 0 Å². The Kier molecular flexibility index (Phi) is 11.9. The second kappa shape index (κ2) is 12.1. The second-order valence-corrected chi connectivity index (χ2v) is 20.9. The van der Waals surface area contributed by atoms with E-state index in [-0.39, 0.29) is 26.2 Å². The molecule has 0 unspecified atom stereocenters. The van der Waals surface area contributed by atoms with Crippen LogP contribution in [0.1, 0.15) is 11.1 Å². The molecule has 146 valence electrons. The largest absolute Gasteiger partial charge is 2.00 e. The molecule has 0 aromatic heterocycles. The van der Waals surface area contributed by atoms with Crippen LogP contribution < -0.4 is 0 Å². The predicted molar refractivity (Wildman–Crippen MR) is 126 cm³/mol. The fraction of sp³-hybridized carbons (Fsp3) is 0.417. The smallest absolute Gasteiger partial charge is 0.213 e. The van der Waals surface area contributed by atoms with Gasteiger partial charge in [0.05, 0.1) is 0 Å². The number of hydrogen-bond donors (Lipinski definition) is 0. The molecule has 2 rings (SSSR count). The first-order valence-electron chi connectivity index (χ1n) is 9.69. The van der Waals surface area contributed by atoms with Gasteiger partial charge in [-0.25, -0.2) is 24.3 Å². The molecule has 2 aromatic carbocycles. The summed E-state index contributed by atoms with van der Waals surface area (Å²) in [6, 6.07) is 19.6. The Labute approximate surface area is 189 Å². The van der Waals surface area contributed by atoms with Crippen molar-refractivity contribution in [2.75, 3.05) is 0 Å². The fourth-order valence-electron chi connectivity index (χ4n) is 3.27. The van der Waals surface area contributed by atoms with Crippen molar-refractivity contribution in [3.8, 4) is 0 Å². The van der Waals surface area contributed by atoms with Gasteiger partial charge < -0.3 is 0 Å². The van der Waals surface area contributed by atoms with E-state index < -0.39 is 16.1 Å². The molecule has 0 nitrogen and oxygen atoms in total. The molecule has 0 saturated heterocycles. The van der Waals surface area contributed by atoms with Crippen LogP contribution in [0.3, 0.4) is 0 Å². The molecule has 0 fully saturated rings. The van der Waals surface area contributed by atoms with E-state index in [0.717, 1.165) is 12.8 Å². The van der Waals surface area contributed by atoms with Gasteiger partial charge in [-0.2, -0.15) is 35.4 Å². The van der Waals surface area contributed by atoms with Crippen LogP contribution in [0.2, 0.25) is 51.4 Å².